The average Bonchev–Trinajstić information content (AvgIpc) is 2.53. The van der Waals surface area contributed by atoms with Crippen molar-refractivity contribution in [1.29, 1.82) is 0 Å². The standard InChI is InChI=1S/C15H19N3O5/c1-23-14(22)15(18-9-19,8-10-5-3-2-4-6-10)13(21)11(16)7-12(17)20/h2-6,9,11H,7-8,16H2,1H3,(H2,17,20)(H,18,19)/t11-,15+/m0/s1. The maximum atomic E-state index is 12.6. The molecule has 5 N–H and O–H groups in total. The van der Waals surface area contributed by atoms with Gasteiger partial charge in [0.1, 0.15) is 0 Å². The summed E-state index contributed by atoms with van der Waals surface area (Å²) in [5.74, 6) is -2.62. The summed E-state index contributed by atoms with van der Waals surface area (Å²) in [5.41, 5.74) is 9.28. The summed E-state index contributed by atoms with van der Waals surface area (Å²) in [4.78, 5) is 46.8. The number of primary amides is 1. The van der Waals surface area contributed by atoms with Crippen molar-refractivity contribution in [3.63, 3.8) is 0 Å². The van der Waals surface area contributed by atoms with Gasteiger partial charge in [0.05, 0.1) is 13.2 Å². The van der Waals surface area contributed by atoms with E-state index in [0.29, 0.717) is 5.56 Å². The predicted molar refractivity (Wildman–Crippen MR) is 80.9 cm³/mol. The Balaban J connectivity index is 3.27. The first-order chi connectivity index (χ1) is 10.9. The smallest absolute Gasteiger partial charge is 0.339 e. The van der Waals surface area contributed by atoms with Crippen molar-refractivity contribution >= 4 is 24.1 Å². The molecule has 0 saturated heterocycles. The molecule has 0 aliphatic heterocycles. The van der Waals surface area contributed by atoms with Crippen LogP contribution >= 0.6 is 0 Å². The van der Waals surface area contributed by atoms with Crippen molar-refractivity contribution < 1.29 is 23.9 Å². The predicted octanol–water partition coefficient (Wildman–Crippen LogP) is -1.34. The summed E-state index contributed by atoms with van der Waals surface area (Å²) >= 11 is 0. The van der Waals surface area contributed by atoms with Gasteiger partial charge in [-0.2, -0.15) is 0 Å². The van der Waals surface area contributed by atoms with Crippen LogP contribution in [0.5, 0.6) is 0 Å². The van der Waals surface area contributed by atoms with E-state index in [-0.39, 0.29) is 12.8 Å². The number of ether oxygens (including phenoxy) is 1. The number of benzene rings is 1. The molecule has 8 heteroatoms. The normalized spacial score (nSPS) is 14.2. The number of rotatable bonds is 9. The molecule has 1 aromatic carbocycles. The molecule has 2 amide bonds. The molecule has 0 aromatic heterocycles. The van der Waals surface area contributed by atoms with E-state index in [2.05, 4.69) is 10.1 Å². The molecule has 1 aromatic rings. The second-order valence-electron chi connectivity index (χ2n) is 4.96. The zero-order chi connectivity index (χ0) is 17.5. The lowest BCUT2D eigenvalue weighted by Gasteiger charge is -2.31. The lowest BCUT2D eigenvalue weighted by molar-refractivity contribution is -0.155. The van der Waals surface area contributed by atoms with Crippen LogP contribution < -0.4 is 16.8 Å². The molecule has 0 bridgehead atoms. The SMILES string of the molecule is COC(=O)[C@](Cc1ccccc1)(NC=O)C(=O)[C@@H](N)CC(N)=O. The van der Waals surface area contributed by atoms with Gasteiger partial charge in [-0.05, 0) is 5.56 Å². The topological polar surface area (TPSA) is 142 Å². The first-order valence-corrected chi connectivity index (χ1v) is 6.79. The van der Waals surface area contributed by atoms with Gasteiger partial charge < -0.3 is 21.5 Å². The number of nitrogens with one attached hydrogen (secondary N) is 1. The van der Waals surface area contributed by atoms with Crippen molar-refractivity contribution in [2.24, 2.45) is 11.5 Å². The first-order valence-electron chi connectivity index (χ1n) is 6.79. The van der Waals surface area contributed by atoms with Crippen molar-refractivity contribution in [2.75, 3.05) is 7.11 Å². The summed E-state index contributed by atoms with van der Waals surface area (Å²) in [5, 5.41) is 2.21. The third-order valence-corrected chi connectivity index (χ3v) is 3.33. The lowest BCUT2D eigenvalue weighted by atomic mass is 9.82. The van der Waals surface area contributed by atoms with Gasteiger partial charge in [0, 0.05) is 12.8 Å². The van der Waals surface area contributed by atoms with Crippen molar-refractivity contribution in [2.45, 2.75) is 24.4 Å². The number of esters is 1. The maximum Gasteiger partial charge on any atom is 0.339 e. The second kappa shape index (κ2) is 8.04. The number of ketones is 1. The Hall–Kier alpha value is -2.74. The summed E-state index contributed by atoms with van der Waals surface area (Å²) in [6.45, 7) is 0. The number of hydrogen-bond donors (Lipinski definition) is 3. The number of amides is 2. The molecular formula is C15H19N3O5. The molecular weight excluding hydrogens is 302 g/mol. The number of carbonyl (C=O) groups excluding carboxylic acids is 4. The second-order valence-corrected chi connectivity index (χ2v) is 4.96. The van der Waals surface area contributed by atoms with Crippen LogP contribution in [0.1, 0.15) is 12.0 Å². The third kappa shape index (κ3) is 4.36. The van der Waals surface area contributed by atoms with Crippen LogP contribution in [0, 0.1) is 0 Å². The molecule has 0 radical (unpaired) electrons. The van der Waals surface area contributed by atoms with Gasteiger partial charge in [-0.25, -0.2) is 4.79 Å². The fourth-order valence-electron chi connectivity index (χ4n) is 2.24. The highest BCUT2D eigenvalue weighted by molar-refractivity contribution is 6.13. The molecule has 2 atom stereocenters. The van der Waals surface area contributed by atoms with Gasteiger partial charge in [-0.15, -0.1) is 0 Å². The largest absolute Gasteiger partial charge is 0.467 e. The fourth-order valence-corrected chi connectivity index (χ4v) is 2.24. The van der Waals surface area contributed by atoms with Gasteiger partial charge in [0.25, 0.3) is 0 Å². The molecule has 0 fully saturated rings. The van der Waals surface area contributed by atoms with Gasteiger partial charge >= 0.3 is 5.97 Å². The highest BCUT2D eigenvalue weighted by Crippen LogP contribution is 2.19. The van der Waals surface area contributed by atoms with Crippen LogP contribution in [0.3, 0.4) is 0 Å². The first kappa shape index (κ1) is 18.3. The lowest BCUT2D eigenvalue weighted by Crippen LogP contribution is -2.64. The summed E-state index contributed by atoms with van der Waals surface area (Å²) < 4.78 is 4.66. The van der Waals surface area contributed by atoms with Crippen LogP contribution in [0.25, 0.3) is 0 Å². The quantitative estimate of drug-likeness (QED) is 0.292. The minimum absolute atomic E-state index is 0.162. The molecule has 0 aliphatic carbocycles. The van der Waals surface area contributed by atoms with Gasteiger partial charge in [-0.1, -0.05) is 30.3 Å². The van der Waals surface area contributed by atoms with E-state index in [0.717, 1.165) is 7.11 Å². The van der Waals surface area contributed by atoms with E-state index in [9.17, 15) is 19.2 Å². The van der Waals surface area contributed by atoms with Gasteiger partial charge in [-0.3, -0.25) is 14.4 Å². The van der Waals surface area contributed by atoms with Crippen molar-refractivity contribution in [3.8, 4) is 0 Å². The zero-order valence-corrected chi connectivity index (χ0v) is 12.7. The summed E-state index contributed by atoms with van der Waals surface area (Å²) in [6, 6.07) is 7.20. The van der Waals surface area contributed by atoms with E-state index < -0.39 is 35.7 Å². The van der Waals surface area contributed by atoms with Crippen molar-refractivity contribution in [3.05, 3.63) is 35.9 Å². The molecule has 8 nitrogen and oxygen atoms in total. The van der Waals surface area contributed by atoms with Crippen LogP contribution in [0.15, 0.2) is 30.3 Å². The molecule has 0 aliphatic rings. The summed E-state index contributed by atoms with van der Waals surface area (Å²) in [6.07, 6.45) is -0.397. The van der Waals surface area contributed by atoms with E-state index in [4.69, 9.17) is 11.5 Å². The zero-order valence-electron chi connectivity index (χ0n) is 12.7. The monoisotopic (exact) mass is 321 g/mol. The Kier molecular flexibility index (Phi) is 6.40. The highest BCUT2D eigenvalue weighted by Gasteiger charge is 2.49. The number of Topliss-reactive ketones (excluding diaryl/α,β-unsaturated/α-hetero) is 1. The Bertz CT molecular complexity index is 590. The molecule has 124 valence electrons. The van der Waals surface area contributed by atoms with Crippen LogP contribution in [-0.2, 0) is 30.3 Å². The minimum atomic E-state index is -2.02. The molecule has 1 rings (SSSR count). The maximum absolute atomic E-state index is 12.6. The number of methoxy groups -OCH3 is 1. The number of carbonyl (C=O) groups is 4. The van der Waals surface area contributed by atoms with Crippen LogP contribution in [0.2, 0.25) is 0 Å². The molecule has 0 heterocycles. The Labute approximate surface area is 133 Å². The average molecular weight is 321 g/mol. The van der Waals surface area contributed by atoms with Crippen LogP contribution in [-0.4, -0.2) is 42.8 Å². The highest BCUT2D eigenvalue weighted by atomic mass is 16.5. The van der Waals surface area contributed by atoms with E-state index in [1.54, 1.807) is 30.3 Å². The molecule has 0 saturated carbocycles. The molecule has 0 spiro atoms. The van der Waals surface area contributed by atoms with E-state index in [1.165, 1.54) is 0 Å². The summed E-state index contributed by atoms with van der Waals surface area (Å²) in [7, 11) is 1.08. The van der Waals surface area contributed by atoms with Crippen molar-refractivity contribution in [1.82, 2.24) is 5.32 Å². The van der Waals surface area contributed by atoms with E-state index in [1.807, 2.05) is 0 Å². The van der Waals surface area contributed by atoms with Crippen LogP contribution in [0.4, 0.5) is 0 Å². The fraction of sp³-hybridized carbons (Fsp3) is 0.333. The number of hydrogen-bond acceptors (Lipinski definition) is 6. The Morgan fingerprint density at radius 2 is 1.91 bits per heavy atom. The molecule has 0 unspecified atom stereocenters. The van der Waals surface area contributed by atoms with Gasteiger partial charge in [0.2, 0.25) is 17.9 Å². The Morgan fingerprint density at radius 1 is 1.30 bits per heavy atom. The molecule has 23 heavy (non-hydrogen) atoms. The third-order valence-electron chi connectivity index (χ3n) is 3.33. The van der Waals surface area contributed by atoms with E-state index >= 15 is 0 Å². The number of nitrogens with two attached hydrogens (primary N) is 2. The van der Waals surface area contributed by atoms with Gasteiger partial charge in [0.15, 0.2) is 5.78 Å². The Morgan fingerprint density at radius 3 is 2.39 bits per heavy atom. The minimum Gasteiger partial charge on any atom is -0.467 e.